The van der Waals surface area contributed by atoms with E-state index in [1.165, 1.54) is 9.14 Å². The average Bonchev–Trinajstić information content (AvgIpc) is 2.67. The quantitative estimate of drug-likeness (QED) is 0.553. The van der Waals surface area contributed by atoms with Crippen LogP contribution in [0.1, 0.15) is 10.5 Å². The molecule has 74 valence electrons. The van der Waals surface area contributed by atoms with Gasteiger partial charge < -0.3 is 12.4 Å². The van der Waals surface area contributed by atoms with Crippen LogP contribution in [0, 0.1) is 0 Å². The zero-order chi connectivity index (χ0) is 9.10. The van der Waals surface area contributed by atoms with E-state index >= 15 is 0 Å². The smallest absolute Gasteiger partial charge is 1.00 e. The molecule has 1 heterocycles. The number of aryl methyl sites for hydroxylation is 1. The Kier molecular flexibility index (Phi) is 4.68. The third-order valence-electron chi connectivity index (χ3n) is 1.94. The zero-order valence-electron chi connectivity index (χ0n) is 7.87. The van der Waals surface area contributed by atoms with Crippen LogP contribution in [0.25, 0.3) is 11.3 Å². The molecular formula is C11H11ClOTe. The molecule has 0 atom stereocenters. The molecule has 0 saturated heterocycles. The van der Waals surface area contributed by atoms with Gasteiger partial charge in [0.1, 0.15) is 0 Å². The maximum Gasteiger partial charge on any atom is -1.00 e. The van der Waals surface area contributed by atoms with Crippen molar-refractivity contribution in [3.63, 3.8) is 0 Å². The summed E-state index contributed by atoms with van der Waals surface area (Å²) < 4.78 is 7.20. The van der Waals surface area contributed by atoms with Crippen molar-refractivity contribution in [2.45, 2.75) is 13.3 Å². The maximum atomic E-state index is 5.70. The van der Waals surface area contributed by atoms with E-state index in [-0.39, 0.29) is 33.3 Å². The first kappa shape index (κ1) is 11.8. The van der Waals surface area contributed by atoms with Gasteiger partial charge in [-0.2, -0.15) is 0 Å². The Bertz CT molecular complexity index is 383. The molecule has 0 unspecified atom stereocenters. The molecule has 0 aliphatic heterocycles. The summed E-state index contributed by atoms with van der Waals surface area (Å²) in [5.41, 5.74) is 1.20. The second kappa shape index (κ2) is 5.56. The Morgan fingerprint density at radius 3 is 2.50 bits per heavy atom. The SMILES string of the molecule is CCc1cc(-c2ccccc2)[o+][te]1.[Cl-]. The van der Waals surface area contributed by atoms with Crippen molar-refractivity contribution in [3.05, 3.63) is 40.0 Å². The standard InChI is InChI=1S/C11H11OTe.ClH/c1-2-10-8-11(12-13-10)9-6-4-3-5-7-9;/h3-8H,2H2,1H3;1H/q+1;/p-1. The second-order valence-corrected chi connectivity index (χ2v) is 5.31. The van der Waals surface area contributed by atoms with Gasteiger partial charge in [-0.15, -0.1) is 0 Å². The van der Waals surface area contributed by atoms with Gasteiger partial charge in [-0.1, -0.05) is 0 Å². The first-order valence-electron chi connectivity index (χ1n) is 4.37. The fraction of sp³-hybridized carbons (Fsp3) is 0.182. The Morgan fingerprint density at radius 1 is 1.21 bits per heavy atom. The van der Waals surface area contributed by atoms with Crippen LogP contribution in [0.2, 0.25) is 0 Å². The molecule has 14 heavy (non-hydrogen) atoms. The second-order valence-electron chi connectivity index (χ2n) is 2.86. The van der Waals surface area contributed by atoms with Crippen molar-refractivity contribution >= 4 is 20.9 Å². The summed E-state index contributed by atoms with van der Waals surface area (Å²) in [7, 11) is 0. The fourth-order valence-corrected chi connectivity index (χ4v) is 2.94. The van der Waals surface area contributed by atoms with E-state index in [1.54, 1.807) is 0 Å². The van der Waals surface area contributed by atoms with Gasteiger partial charge in [-0.3, -0.25) is 0 Å². The van der Waals surface area contributed by atoms with Crippen LogP contribution in [0.5, 0.6) is 0 Å². The third kappa shape index (κ3) is 2.60. The third-order valence-corrected chi connectivity index (χ3v) is 4.46. The maximum absolute atomic E-state index is 5.70. The summed E-state index contributed by atoms with van der Waals surface area (Å²) in [4.78, 5) is 0. The summed E-state index contributed by atoms with van der Waals surface area (Å²) in [5.74, 6) is 1.07. The van der Waals surface area contributed by atoms with E-state index in [2.05, 4.69) is 25.1 Å². The van der Waals surface area contributed by atoms with Gasteiger partial charge >= 0.3 is 88.3 Å². The number of hydrogen-bond acceptors (Lipinski definition) is 0. The average molecular weight is 322 g/mol. The van der Waals surface area contributed by atoms with E-state index < -0.39 is 0 Å². The molecule has 1 aromatic carbocycles. The van der Waals surface area contributed by atoms with Crippen LogP contribution < -0.4 is 12.4 Å². The molecule has 0 fully saturated rings. The zero-order valence-corrected chi connectivity index (χ0v) is 11.0. The van der Waals surface area contributed by atoms with E-state index in [1.807, 2.05) is 18.2 Å². The van der Waals surface area contributed by atoms with Gasteiger partial charge in [-0.05, 0) is 0 Å². The van der Waals surface area contributed by atoms with Gasteiger partial charge in [-0.25, -0.2) is 0 Å². The summed E-state index contributed by atoms with van der Waals surface area (Å²) in [6.07, 6.45) is 1.14. The Morgan fingerprint density at radius 2 is 1.93 bits per heavy atom. The first-order chi connectivity index (χ1) is 6.40. The van der Waals surface area contributed by atoms with Gasteiger partial charge in [0.25, 0.3) is 0 Å². The molecule has 0 aliphatic rings. The number of halogens is 1. The topological polar surface area (TPSA) is 11.3 Å². The van der Waals surface area contributed by atoms with E-state index in [4.69, 9.17) is 2.76 Å². The molecule has 3 heteroatoms. The van der Waals surface area contributed by atoms with Gasteiger partial charge in [0, 0.05) is 0 Å². The van der Waals surface area contributed by atoms with Crippen LogP contribution >= 0.6 is 0 Å². The molecule has 2 aromatic rings. The van der Waals surface area contributed by atoms with Gasteiger partial charge in [0.05, 0.1) is 0 Å². The van der Waals surface area contributed by atoms with Crippen LogP contribution in [0.4, 0.5) is 0 Å². The van der Waals surface area contributed by atoms with Crippen LogP contribution in [-0.4, -0.2) is 20.9 Å². The summed E-state index contributed by atoms with van der Waals surface area (Å²) in [6.45, 7) is 2.19. The Labute approximate surface area is 100 Å². The van der Waals surface area contributed by atoms with E-state index in [0.717, 1.165) is 12.2 Å². The monoisotopic (exact) mass is 324 g/mol. The molecule has 0 saturated carbocycles. The number of rotatable bonds is 2. The molecule has 0 N–H and O–H groups in total. The number of hydrogen-bond donors (Lipinski definition) is 0. The van der Waals surface area contributed by atoms with Crippen molar-refractivity contribution in [3.8, 4) is 11.3 Å². The van der Waals surface area contributed by atoms with Crippen LogP contribution in [0.15, 0.2) is 39.2 Å². The first-order valence-corrected chi connectivity index (χ1v) is 6.49. The molecule has 2 rings (SSSR count). The van der Waals surface area contributed by atoms with E-state index in [9.17, 15) is 0 Å². The Balaban J connectivity index is 0.000000980. The summed E-state index contributed by atoms with van der Waals surface area (Å²) >= 11 is -0.335. The summed E-state index contributed by atoms with van der Waals surface area (Å²) in [5, 5.41) is 0. The van der Waals surface area contributed by atoms with Crippen molar-refractivity contribution in [1.29, 1.82) is 0 Å². The minimum absolute atomic E-state index is 0. The largest absolute Gasteiger partial charge is 1.00 e. The van der Waals surface area contributed by atoms with Crippen LogP contribution in [-0.2, 0) is 6.42 Å². The van der Waals surface area contributed by atoms with Gasteiger partial charge in [0.15, 0.2) is 0 Å². The molecule has 0 radical (unpaired) electrons. The van der Waals surface area contributed by atoms with Crippen molar-refractivity contribution < 1.29 is 15.2 Å². The molecule has 1 aromatic heterocycles. The molecule has 0 aliphatic carbocycles. The molecule has 1 nitrogen and oxygen atoms in total. The summed E-state index contributed by atoms with van der Waals surface area (Å²) in [6, 6.07) is 12.5. The van der Waals surface area contributed by atoms with Crippen molar-refractivity contribution in [2.24, 2.45) is 0 Å². The minimum atomic E-state index is -0.335. The minimum Gasteiger partial charge on any atom is -1.00 e. The van der Waals surface area contributed by atoms with E-state index in [0.29, 0.717) is 0 Å². The molecule has 0 amide bonds. The van der Waals surface area contributed by atoms with Crippen molar-refractivity contribution in [2.75, 3.05) is 0 Å². The predicted octanol–water partition coefficient (Wildman–Crippen LogP) is -0.149. The molecule has 0 bridgehead atoms. The van der Waals surface area contributed by atoms with Gasteiger partial charge in [0.2, 0.25) is 0 Å². The normalized spacial score (nSPS) is 9.50. The Hall–Kier alpha value is -0.290. The predicted molar refractivity (Wildman–Crippen MR) is 54.9 cm³/mol. The molecular weight excluding hydrogens is 311 g/mol. The molecule has 0 spiro atoms. The van der Waals surface area contributed by atoms with Crippen molar-refractivity contribution in [1.82, 2.24) is 0 Å². The fourth-order valence-electron chi connectivity index (χ4n) is 1.19. The number of benzene rings is 1. The van der Waals surface area contributed by atoms with Crippen LogP contribution in [0.3, 0.4) is 0 Å².